The van der Waals surface area contributed by atoms with Gasteiger partial charge in [0.05, 0.1) is 11.8 Å². The van der Waals surface area contributed by atoms with Gasteiger partial charge in [-0.05, 0) is 19.9 Å². The average molecular weight is 231 g/mol. The first-order chi connectivity index (χ1) is 8.22. The minimum absolute atomic E-state index is 0.578. The van der Waals surface area contributed by atoms with E-state index in [1.54, 1.807) is 12.3 Å². The molecule has 0 radical (unpaired) electrons. The van der Waals surface area contributed by atoms with Gasteiger partial charge in [-0.15, -0.1) is 5.10 Å². The number of nitrogens with zero attached hydrogens (tertiary/aromatic N) is 5. The van der Waals surface area contributed by atoms with Crippen LogP contribution in [0.4, 0.5) is 5.82 Å². The van der Waals surface area contributed by atoms with Crippen LogP contribution in [-0.2, 0) is 0 Å². The quantitative estimate of drug-likeness (QED) is 0.756. The van der Waals surface area contributed by atoms with Crippen molar-refractivity contribution in [1.29, 1.82) is 5.26 Å². The Hall–Kier alpha value is -1.67. The smallest absolute Gasteiger partial charge is 0.169 e. The number of anilines is 1. The Morgan fingerprint density at radius 2 is 2.00 bits per heavy atom. The van der Waals surface area contributed by atoms with Crippen molar-refractivity contribution in [3.63, 3.8) is 0 Å². The third kappa shape index (κ3) is 2.53. The van der Waals surface area contributed by atoms with E-state index < -0.39 is 0 Å². The number of piperazine rings is 1. The van der Waals surface area contributed by atoms with Gasteiger partial charge in [-0.25, -0.2) is 0 Å². The van der Waals surface area contributed by atoms with Crippen molar-refractivity contribution in [1.82, 2.24) is 15.1 Å². The van der Waals surface area contributed by atoms with Crippen molar-refractivity contribution in [3.05, 3.63) is 17.8 Å². The summed E-state index contributed by atoms with van der Waals surface area (Å²) in [7, 11) is 0. The van der Waals surface area contributed by atoms with Crippen LogP contribution in [0.3, 0.4) is 0 Å². The van der Waals surface area contributed by atoms with E-state index in [1.807, 2.05) is 0 Å². The van der Waals surface area contributed by atoms with Crippen molar-refractivity contribution in [2.75, 3.05) is 31.1 Å². The SMILES string of the molecule is CC(C)N1CCN(c2nnccc2C#N)CC1. The summed E-state index contributed by atoms with van der Waals surface area (Å²) in [5, 5.41) is 17.0. The monoisotopic (exact) mass is 231 g/mol. The van der Waals surface area contributed by atoms with Gasteiger partial charge >= 0.3 is 0 Å². The number of nitriles is 1. The van der Waals surface area contributed by atoms with Crippen LogP contribution in [0.2, 0.25) is 0 Å². The second-order valence-corrected chi connectivity index (χ2v) is 4.50. The van der Waals surface area contributed by atoms with E-state index in [0.29, 0.717) is 11.6 Å². The highest BCUT2D eigenvalue weighted by atomic mass is 15.3. The maximum Gasteiger partial charge on any atom is 0.169 e. The Balaban J connectivity index is 2.08. The summed E-state index contributed by atoms with van der Waals surface area (Å²) in [4.78, 5) is 4.57. The van der Waals surface area contributed by atoms with Gasteiger partial charge in [0.1, 0.15) is 6.07 Å². The number of aromatic nitrogens is 2. The zero-order valence-electron chi connectivity index (χ0n) is 10.3. The zero-order chi connectivity index (χ0) is 12.3. The molecule has 0 saturated carbocycles. The highest BCUT2D eigenvalue weighted by Crippen LogP contribution is 2.17. The maximum atomic E-state index is 9.03. The third-order valence-electron chi connectivity index (χ3n) is 3.17. The summed E-state index contributed by atoms with van der Waals surface area (Å²) in [5.41, 5.74) is 0.609. The van der Waals surface area contributed by atoms with Gasteiger partial charge in [0.25, 0.3) is 0 Å². The van der Waals surface area contributed by atoms with Crippen LogP contribution in [0.25, 0.3) is 0 Å². The van der Waals surface area contributed by atoms with Crippen molar-refractivity contribution in [2.45, 2.75) is 19.9 Å². The topological polar surface area (TPSA) is 56.1 Å². The van der Waals surface area contributed by atoms with E-state index >= 15 is 0 Å². The fourth-order valence-electron chi connectivity index (χ4n) is 2.10. The van der Waals surface area contributed by atoms with Crippen molar-refractivity contribution < 1.29 is 0 Å². The molecule has 0 spiro atoms. The molecule has 0 aliphatic carbocycles. The van der Waals surface area contributed by atoms with E-state index in [2.05, 4.69) is 39.9 Å². The lowest BCUT2D eigenvalue weighted by Crippen LogP contribution is -2.49. The first-order valence-corrected chi connectivity index (χ1v) is 5.93. The summed E-state index contributed by atoms with van der Waals surface area (Å²) in [6.45, 7) is 8.26. The maximum absolute atomic E-state index is 9.03. The summed E-state index contributed by atoms with van der Waals surface area (Å²) >= 11 is 0. The molecule has 0 aromatic carbocycles. The third-order valence-corrected chi connectivity index (χ3v) is 3.17. The highest BCUT2D eigenvalue weighted by Gasteiger charge is 2.21. The predicted octanol–water partition coefficient (Wildman–Crippen LogP) is 0.879. The fraction of sp³-hybridized carbons (Fsp3) is 0.583. The molecule has 1 saturated heterocycles. The number of hydrogen-bond donors (Lipinski definition) is 0. The Morgan fingerprint density at radius 3 is 2.59 bits per heavy atom. The molecule has 0 bridgehead atoms. The van der Waals surface area contributed by atoms with E-state index in [4.69, 9.17) is 5.26 Å². The van der Waals surface area contributed by atoms with E-state index in [9.17, 15) is 0 Å². The van der Waals surface area contributed by atoms with Crippen molar-refractivity contribution in [3.8, 4) is 6.07 Å². The first kappa shape index (κ1) is 11.8. The molecule has 17 heavy (non-hydrogen) atoms. The summed E-state index contributed by atoms with van der Waals surface area (Å²) in [6, 6.07) is 4.47. The molecule has 0 unspecified atom stereocenters. The Morgan fingerprint density at radius 1 is 1.29 bits per heavy atom. The van der Waals surface area contributed by atoms with E-state index in [-0.39, 0.29) is 0 Å². The molecule has 0 amide bonds. The lowest BCUT2D eigenvalue weighted by Gasteiger charge is -2.37. The normalized spacial score (nSPS) is 17.2. The van der Waals surface area contributed by atoms with Crippen LogP contribution in [0.1, 0.15) is 19.4 Å². The van der Waals surface area contributed by atoms with E-state index in [1.165, 1.54) is 0 Å². The number of hydrogen-bond acceptors (Lipinski definition) is 5. The Bertz CT molecular complexity index is 415. The number of rotatable bonds is 2. The molecule has 1 aliphatic rings. The summed E-state index contributed by atoms with van der Waals surface area (Å²) in [6.07, 6.45) is 1.56. The molecule has 0 N–H and O–H groups in total. The molecule has 0 atom stereocenters. The molecule has 1 fully saturated rings. The largest absolute Gasteiger partial charge is 0.351 e. The second-order valence-electron chi connectivity index (χ2n) is 4.50. The van der Waals surface area contributed by atoms with Crippen LogP contribution >= 0.6 is 0 Å². The molecule has 2 heterocycles. The lowest BCUT2D eigenvalue weighted by atomic mass is 10.2. The molecule has 5 nitrogen and oxygen atoms in total. The summed E-state index contributed by atoms with van der Waals surface area (Å²) in [5.74, 6) is 0.721. The highest BCUT2D eigenvalue weighted by molar-refractivity contribution is 5.52. The van der Waals surface area contributed by atoms with Crippen LogP contribution in [-0.4, -0.2) is 47.3 Å². The average Bonchev–Trinajstić information content (AvgIpc) is 2.39. The first-order valence-electron chi connectivity index (χ1n) is 5.93. The van der Waals surface area contributed by atoms with Gasteiger partial charge in [0.15, 0.2) is 5.82 Å². The molecule has 1 aromatic heterocycles. The van der Waals surface area contributed by atoms with Crippen LogP contribution < -0.4 is 4.90 Å². The molecule has 5 heteroatoms. The van der Waals surface area contributed by atoms with Gasteiger partial charge in [-0.1, -0.05) is 0 Å². The molecule has 1 aromatic rings. The zero-order valence-corrected chi connectivity index (χ0v) is 10.3. The molecule has 90 valence electrons. The van der Waals surface area contributed by atoms with Gasteiger partial charge in [-0.3, -0.25) is 4.90 Å². The Kier molecular flexibility index (Phi) is 3.55. The Labute approximate surface area is 102 Å². The predicted molar refractivity (Wildman–Crippen MR) is 65.7 cm³/mol. The van der Waals surface area contributed by atoms with Gasteiger partial charge in [0, 0.05) is 32.2 Å². The van der Waals surface area contributed by atoms with E-state index in [0.717, 1.165) is 32.0 Å². The standard InChI is InChI=1S/C12H17N5/c1-10(2)16-5-7-17(8-6-16)12-11(9-13)3-4-14-15-12/h3-4,10H,5-8H2,1-2H3. The second kappa shape index (κ2) is 5.11. The summed E-state index contributed by atoms with van der Waals surface area (Å²) < 4.78 is 0. The molecular formula is C12H17N5. The minimum Gasteiger partial charge on any atom is -0.351 e. The van der Waals surface area contributed by atoms with Gasteiger partial charge in [-0.2, -0.15) is 10.4 Å². The van der Waals surface area contributed by atoms with Gasteiger partial charge in [0.2, 0.25) is 0 Å². The van der Waals surface area contributed by atoms with Gasteiger partial charge < -0.3 is 4.90 Å². The van der Waals surface area contributed by atoms with Crippen molar-refractivity contribution >= 4 is 5.82 Å². The molecule has 1 aliphatic heterocycles. The molecule has 2 rings (SSSR count). The van der Waals surface area contributed by atoms with Crippen LogP contribution in [0.5, 0.6) is 0 Å². The molecular weight excluding hydrogens is 214 g/mol. The minimum atomic E-state index is 0.578. The van der Waals surface area contributed by atoms with Crippen molar-refractivity contribution in [2.24, 2.45) is 0 Å². The lowest BCUT2D eigenvalue weighted by molar-refractivity contribution is 0.209. The van der Waals surface area contributed by atoms with Crippen LogP contribution in [0.15, 0.2) is 12.3 Å². The fourth-order valence-corrected chi connectivity index (χ4v) is 2.10. The van der Waals surface area contributed by atoms with Crippen LogP contribution in [0, 0.1) is 11.3 Å².